The number of carbonyl (C=O) groups excluding carboxylic acids is 1. The van der Waals surface area contributed by atoms with Crippen LogP contribution in [0.3, 0.4) is 0 Å². The normalized spacial score (nSPS) is 17.2. The third-order valence-electron chi connectivity index (χ3n) is 5.37. The molecular formula is C24H18Cl2N6O. The fourth-order valence-corrected chi connectivity index (χ4v) is 4.38. The molecule has 2 N–H and O–H groups in total. The van der Waals surface area contributed by atoms with E-state index in [-0.39, 0.29) is 5.91 Å². The number of anilines is 2. The first-order valence-electron chi connectivity index (χ1n) is 10.2. The predicted molar refractivity (Wildman–Crippen MR) is 129 cm³/mol. The highest BCUT2D eigenvalue weighted by molar-refractivity contribution is 6.35. The number of rotatable bonds is 4. The van der Waals surface area contributed by atoms with E-state index in [1.165, 1.54) is 0 Å². The third kappa shape index (κ3) is 4.08. The minimum absolute atomic E-state index is 0.301. The van der Waals surface area contributed by atoms with Crippen molar-refractivity contribution in [2.24, 2.45) is 5.92 Å². The Morgan fingerprint density at radius 3 is 2.58 bits per heavy atom. The first-order valence-corrected chi connectivity index (χ1v) is 10.9. The molecule has 0 bridgehead atoms. The Hall–Kier alpha value is -3.68. The molecule has 0 spiro atoms. The lowest BCUT2D eigenvalue weighted by molar-refractivity contribution is -0.119. The van der Waals surface area contributed by atoms with Gasteiger partial charge in [-0.3, -0.25) is 4.79 Å². The van der Waals surface area contributed by atoms with Crippen molar-refractivity contribution in [1.29, 1.82) is 0 Å². The Bertz CT molecular complexity index is 1340. The molecule has 1 aliphatic heterocycles. The second-order valence-electron chi connectivity index (χ2n) is 7.51. The van der Waals surface area contributed by atoms with Crippen LogP contribution in [-0.2, 0) is 4.79 Å². The van der Waals surface area contributed by atoms with Gasteiger partial charge in [-0.25, -0.2) is 9.67 Å². The summed E-state index contributed by atoms with van der Waals surface area (Å²) >= 11 is 12.7. The van der Waals surface area contributed by atoms with Crippen LogP contribution >= 0.6 is 23.2 Å². The molecule has 2 aromatic carbocycles. The van der Waals surface area contributed by atoms with E-state index >= 15 is 0 Å². The molecule has 5 rings (SSSR count). The quantitative estimate of drug-likeness (QED) is 0.410. The fraction of sp³-hybridized carbons (Fsp3) is 0.0833. The number of hydrogen-bond acceptors (Lipinski definition) is 5. The molecule has 4 aromatic rings. The maximum atomic E-state index is 13.4. The van der Waals surface area contributed by atoms with Crippen molar-refractivity contribution in [1.82, 2.24) is 19.7 Å². The lowest BCUT2D eigenvalue weighted by atomic mass is 9.88. The topological polar surface area (TPSA) is 84.7 Å². The van der Waals surface area contributed by atoms with E-state index in [1.807, 2.05) is 30.3 Å². The van der Waals surface area contributed by atoms with E-state index in [9.17, 15) is 4.79 Å². The Morgan fingerprint density at radius 2 is 1.85 bits per heavy atom. The molecule has 9 heteroatoms. The molecule has 0 saturated carbocycles. The summed E-state index contributed by atoms with van der Waals surface area (Å²) in [5.74, 6) is 0.377. The summed E-state index contributed by atoms with van der Waals surface area (Å²) in [5, 5.41) is 11.6. The molecule has 0 saturated heterocycles. The van der Waals surface area contributed by atoms with E-state index < -0.39 is 12.0 Å². The van der Waals surface area contributed by atoms with Crippen molar-refractivity contribution < 1.29 is 4.79 Å². The van der Waals surface area contributed by atoms with Crippen molar-refractivity contribution in [2.45, 2.75) is 6.04 Å². The zero-order valence-electron chi connectivity index (χ0n) is 17.2. The van der Waals surface area contributed by atoms with Crippen LogP contribution in [0.1, 0.15) is 11.6 Å². The molecule has 33 heavy (non-hydrogen) atoms. The Labute approximate surface area is 200 Å². The third-order valence-corrected chi connectivity index (χ3v) is 5.93. The van der Waals surface area contributed by atoms with Gasteiger partial charge in [0.2, 0.25) is 11.9 Å². The van der Waals surface area contributed by atoms with E-state index in [2.05, 4.69) is 27.2 Å². The van der Waals surface area contributed by atoms with Gasteiger partial charge in [0.15, 0.2) is 5.82 Å². The number of fused-ring (bicyclic) bond motifs is 1. The number of nitrogens with one attached hydrogen (secondary N) is 2. The van der Waals surface area contributed by atoms with E-state index in [1.54, 1.807) is 47.3 Å². The summed E-state index contributed by atoms with van der Waals surface area (Å²) in [6, 6.07) is 19.5. The summed E-state index contributed by atoms with van der Waals surface area (Å²) in [7, 11) is 0. The highest BCUT2D eigenvalue weighted by Crippen LogP contribution is 2.41. The Balaban J connectivity index is 1.62. The summed E-state index contributed by atoms with van der Waals surface area (Å²) in [6.45, 7) is 4.12. The number of nitrogens with zero attached hydrogens (tertiary/aromatic N) is 4. The summed E-state index contributed by atoms with van der Waals surface area (Å²) in [6.07, 6.45) is 1.61. The average molecular weight is 477 g/mol. The van der Waals surface area contributed by atoms with Gasteiger partial charge in [-0.2, -0.15) is 4.98 Å². The van der Waals surface area contributed by atoms with Gasteiger partial charge in [-0.1, -0.05) is 72.2 Å². The Morgan fingerprint density at radius 1 is 1.06 bits per heavy atom. The van der Waals surface area contributed by atoms with E-state index in [0.717, 1.165) is 5.56 Å². The molecule has 0 radical (unpaired) electrons. The van der Waals surface area contributed by atoms with Gasteiger partial charge in [0.05, 0.1) is 6.04 Å². The minimum atomic E-state index is -0.747. The second kappa shape index (κ2) is 8.69. The SMILES string of the molecule is C=C1Nc2nc(-c3ccccc3)nn2C(c2ccc(Cl)cc2Cl)C1C(=O)Nc1ccccn1. The fourth-order valence-electron chi connectivity index (χ4n) is 3.86. The standard InChI is InChI=1S/C24H18Cl2N6O/c1-14-20(23(33)29-19-9-5-6-12-27-19)21(17-11-10-16(25)13-18(17)26)32-24(28-14)30-22(31-32)15-7-3-2-4-8-15/h2-13,20-21H,1H2,(H,27,29,33)(H,28,30,31). The van der Waals surface area contributed by atoms with Gasteiger partial charge in [0.1, 0.15) is 11.7 Å². The molecule has 164 valence electrons. The van der Waals surface area contributed by atoms with Crippen molar-refractivity contribution in [3.05, 3.63) is 101 Å². The van der Waals surface area contributed by atoms with Crippen LogP contribution in [-0.4, -0.2) is 25.7 Å². The van der Waals surface area contributed by atoms with Crippen molar-refractivity contribution in [3.8, 4) is 11.4 Å². The molecule has 2 atom stereocenters. The Kier molecular flexibility index (Phi) is 5.58. The number of benzene rings is 2. The highest BCUT2D eigenvalue weighted by Gasteiger charge is 2.41. The number of halogens is 2. The molecule has 3 heterocycles. The smallest absolute Gasteiger partial charge is 0.237 e. The van der Waals surface area contributed by atoms with Crippen molar-refractivity contribution >= 4 is 40.9 Å². The van der Waals surface area contributed by atoms with Crippen LogP contribution in [0.2, 0.25) is 10.0 Å². The minimum Gasteiger partial charge on any atom is -0.328 e. The molecule has 0 aliphatic carbocycles. The first-order chi connectivity index (χ1) is 16.0. The largest absolute Gasteiger partial charge is 0.328 e. The number of hydrogen-bond donors (Lipinski definition) is 2. The van der Waals surface area contributed by atoms with Crippen molar-refractivity contribution in [2.75, 3.05) is 10.6 Å². The average Bonchev–Trinajstić information content (AvgIpc) is 3.23. The van der Waals surface area contributed by atoms with Gasteiger partial charge in [0, 0.05) is 27.5 Å². The van der Waals surface area contributed by atoms with Crippen molar-refractivity contribution in [3.63, 3.8) is 0 Å². The first kappa shape index (κ1) is 21.2. The van der Waals surface area contributed by atoms with Gasteiger partial charge in [-0.05, 0) is 29.8 Å². The van der Waals surface area contributed by atoms with Crippen LogP contribution < -0.4 is 10.6 Å². The molecule has 1 amide bonds. The molecular weight excluding hydrogens is 459 g/mol. The zero-order chi connectivity index (χ0) is 22.9. The second-order valence-corrected chi connectivity index (χ2v) is 8.36. The molecule has 2 unspecified atom stereocenters. The molecule has 2 aromatic heterocycles. The summed E-state index contributed by atoms with van der Waals surface area (Å²) < 4.78 is 1.68. The van der Waals surface area contributed by atoms with Crippen LogP contribution in [0.4, 0.5) is 11.8 Å². The maximum Gasteiger partial charge on any atom is 0.237 e. The zero-order valence-corrected chi connectivity index (χ0v) is 18.8. The molecule has 7 nitrogen and oxygen atoms in total. The summed E-state index contributed by atoms with van der Waals surface area (Å²) in [4.78, 5) is 22.3. The maximum absolute atomic E-state index is 13.4. The number of amides is 1. The van der Waals surface area contributed by atoms with Gasteiger partial charge in [-0.15, -0.1) is 5.10 Å². The van der Waals surface area contributed by atoms with Gasteiger partial charge >= 0.3 is 0 Å². The lowest BCUT2D eigenvalue weighted by Crippen LogP contribution is -2.39. The number of aromatic nitrogens is 4. The van der Waals surface area contributed by atoms with E-state index in [4.69, 9.17) is 28.3 Å². The lowest BCUT2D eigenvalue weighted by Gasteiger charge is -2.34. The highest BCUT2D eigenvalue weighted by atomic mass is 35.5. The van der Waals surface area contributed by atoms with Crippen LogP contribution in [0.5, 0.6) is 0 Å². The summed E-state index contributed by atoms with van der Waals surface area (Å²) in [5.41, 5.74) is 2.00. The van der Waals surface area contributed by atoms with Crippen LogP contribution in [0.15, 0.2) is 85.2 Å². The van der Waals surface area contributed by atoms with Gasteiger partial charge < -0.3 is 10.6 Å². The predicted octanol–water partition coefficient (Wildman–Crippen LogP) is 5.43. The monoisotopic (exact) mass is 476 g/mol. The molecule has 0 fully saturated rings. The van der Waals surface area contributed by atoms with Crippen LogP contribution in [0, 0.1) is 5.92 Å². The van der Waals surface area contributed by atoms with Crippen LogP contribution in [0.25, 0.3) is 11.4 Å². The molecule has 1 aliphatic rings. The number of pyridine rings is 1. The number of carbonyl (C=O) groups is 1. The van der Waals surface area contributed by atoms with Gasteiger partial charge in [0.25, 0.3) is 0 Å². The van der Waals surface area contributed by atoms with E-state index in [0.29, 0.717) is 38.9 Å².